The molecule has 1 atom stereocenters. The van der Waals surface area contributed by atoms with Crippen LogP contribution in [-0.4, -0.2) is 36.5 Å². The number of thiazole rings is 1. The summed E-state index contributed by atoms with van der Waals surface area (Å²) in [4.78, 5) is 21.5. The Morgan fingerprint density at radius 2 is 1.94 bits per heavy atom. The first-order valence-corrected chi connectivity index (χ1v) is 15.3. The standard InChI is InChI=1S/C27H36N4O3S2/c1-5-36(33,34)21-8-6-19(7-9-21)14-23(32)29-26-30-24-22(35-26)16-31(25(24)18(2)3)15-20-10-12-27(4,17-28)13-11-20/h6-9,18,20,25H,5,10-16H2,1-4H3,(H,29,30,32)/t20?,25-,27?/m0/s1. The van der Waals surface area contributed by atoms with Crippen molar-refractivity contribution in [3.05, 3.63) is 40.4 Å². The average Bonchev–Trinajstić information content (AvgIpc) is 3.37. The first-order chi connectivity index (χ1) is 17.0. The molecule has 0 spiro atoms. The fourth-order valence-corrected chi connectivity index (χ4v) is 7.33. The van der Waals surface area contributed by atoms with Gasteiger partial charge in [0.2, 0.25) is 5.91 Å². The van der Waals surface area contributed by atoms with Crippen LogP contribution in [-0.2, 0) is 27.6 Å². The molecule has 2 aliphatic rings. The van der Waals surface area contributed by atoms with E-state index in [-0.39, 0.29) is 34.4 Å². The maximum atomic E-state index is 12.7. The number of rotatable bonds is 8. The van der Waals surface area contributed by atoms with Gasteiger partial charge in [0.15, 0.2) is 15.0 Å². The summed E-state index contributed by atoms with van der Waals surface area (Å²) >= 11 is 1.55. The molecular weight excluding hydrogens is 492 g/mol. The van der Waals surface area contributed by atoms with Crippen LogP contribution in [0.25, 0.3) is 0 Å². The monoisotopic (exact) mass is 528 g/mol. The van der Waals surface area contributed by atoms with Gasteiger partial charge in [-0.25, -0.2) is 13.4 Å². The third-order valence-corrected chi connectivity index (χ3v) is 10.3. The third kappa shape index (κ3) is 5.82. The first-order valence-electron chi connectivity index (χ1n) is 12.8. The van der Waals surface area contributed by atoms with E-state index in [0.717, 1.165) is 50.0 Å². The van der Waals surface area contributed by atoms with E-state index in [1.54, 1.807) is 42.5 Å². The topological polar surface area (TPSA) is 103 Å². The van der Waals surface area contributed by atoms with E-state index in [4.69, 9.17) is 4.98 Å². The molecule has 1 N–H and O–H groups in total. The van der Waals surface area contributed by atoms with E-state index in [1.807, 2.05) is 0 Å². The Hall–Kier alpha value is -2.28. The molecule has 1 aromatic carbocycles. The van der Waals surface area contributed by atoms with Crippen LogP contribution in [0, 0.1) is 28.6 Å². The van der Waals surface area contributed by atoms with Crippen molar-refractivity contribution in [2.45, 2.75) is 77.3 Å². The number of fused-ring (bicyclic) bond motifs is 1. The molecule has 2 heterocycles. The average molecular weight is 529 g/mol. The highest BCUT2D eigenvalue weighted by atomic mass is 32.2. The van der Waals surface area contributed by atoms with E-state index < -0.39 is 9.84 Å². The lowest BCUT2D eigenvalue weighted by atomic mass is 9.72. The maximum Gasteiger partial charge on any atom is 0.230 e. The van der Waals surface area contributed by atoms with Crippen molar-refractivity contribution < 1.29 is 13.2 Å². The SMILES string of the molecule is CCS(=O)(=O)c1ccc(CC(=O)Nc2nc3c(s2)CN(CC2CCC(C)(C#N)CC2)[C@H]3C(C)C)cc1. The molecule has 36 heavy (non-hydrogen) atoms. The first kappa shape index (κ1) is 26.8. The van der Waals surface area contributed by atoms with Crippen molar-refractivity contribution in [2.75, 3.05) is 17.6 Å². The third-order valence-electron chi connectivity index (χ3n) is 7.62. The van der Waals surface area contributed by atoms with Crippen LogP contribution in [0.5, 0.6) is 0 Å². The summed E-state index contributed by atoms with van der Waals surface area (Å²) in [5.74, 6) is 0.911. The van der Waals surface area contributed by atoms with Gasteiger partial charge in [0.05, 0.1) is 40.3 Å². The molecule has 4 rings (SSSR count). The zero-order valence-corrected chi connectivity index (χ0v) is 23.2. The fourth-order valence-electron chi connectivity index (χ4n) is 5.40. The van der Waals surface area contributed by atoms with Crippen LogP contribution in [0.1, 0.15) is 75.6 Å². The lowest BCUT2D eigenvalue weighted by Crippen LogP contribution is -2.34. The fraction of sp³-hybridized carbons (Fsp3) is 0.593. The Kier molecular flexibility index (Phi) is 7.89. The van der Waals surface area contributed by atoms with Crippen molar-refractivity contribution in [3.63, 3.8) is 0 Å². The minimum Gasteiger partial charge on any atom is -0.302 e. The molecule has 1 fully saturated rings. The number of carbonyl (C=O) groups is 1. The number of nitrogens with zero attached hydrogens (tertiary/aromatic N) is 3. The summed E-state index contributed by atoms with van der Waals surface area (Å²) in [6.07, 6.45) is 4.31. The largest absolute Gasteiger partial charge is 0.302 e. The maximum absolute atomic E-state index is 12.7. The zero-order valence-electron chi connectivity index (χ0n) is 21.6. The second kappa shape index (κ2) is 10.6. The summed E-state index contributed by atoms with van der Waals surface area (Å²) in [6.45, 7) is 10.0. The summed E-state index contributed by atoms with van der Waals surface area (Å²) in [5.41, 5.74) is 1.68. The minimum atomic E-state index is -3.25. The summed E-state index contributed by atoms with van der Waals surface area (Å²) in [5, 5.41) is 13.0. The molecule has 7 nitrogen and oxygen atoms in total. The number of hydrogen-bond donors (Lipinski definition) is 1. The van der Waals surface area contributed by atoms with Crippen LogP contribution in [0.4, 0.5) is 5.13 Å². The molecular formula is C27H36N4O3S2. The quantitative estimate of drug-likeness (QED) is 0.495. The van der Waals surface area contributed by atoms with Gasteiger partial charge in [-0.1, -0.05) is 32.9 Å². The number of aromatic nitrogens is 1. The van der Waals surface area contributed by atoms with Gasteiger partial charge in [0.25, 0.3) is 0 Å². The Balaban J connectivity index is 1.37. The summed E-state index contributed by atoms with van der Waals surface area (Å²) in [6, 6.07) is 9.25. The molecule has 1 aliphatic heterocycles. The van der Waals surface area contributed by atoms with Crippen LogP contribution >= 0.6 is 11.3 Å². The highest BCUT2D eigenvalue weighted by Crippen LogP contribution is 2.45. The molecule has 0 saturated heterocycles. The number of nitriles is 1. The van der Waals surface area contributed by atoms with Gasteiger partial charge in [-0.3, -0.25) is 9.69 Å². The Labute approximate surface area is 218 Å². The number of anilines is 1. The van der Waals surface area contributed by atoms with Gasteiger partial charge >= 0.3 is 0 Å². The van der Waals surface area contributed by atoms with Gasteiger partial charge in [-0.2, -0.15) is 5.26 Å². The number of carbonyl (C=O) groups excluding carboxylic acids is 1. The molecule has 0 bridgehead atoms. The lowest BCUT2D eigenvalue weighted by molar-refractivity contribution is -0.115. The number of benzene rings is 1. The molecule has 1 aromatic heterocycles. The Morgan fingerprint density at radius 3 is 2.53 bits per heavy atom. The van der Waals surface area contributed by atoms with E-state index >= 15 is 0 Å². The van der Waals surface area contributed by atoms with Crippen molar-refractivity contribution >= 4 is 32.2 Å². The number of nitrogens with one attached hydrogen (secondary N) is 1. The van der Waals surface area contributed by atoms with Gasteiger partial charge in [0.1, 0.15) is 0 Å². The zero-order chi connectivity index (χ0) is 26.1. The van der Waals surface area contributed by atoms with Crippen LogP contribution in [0.15, 0.2) is 29.2 Å². The predicted molar refractivity (Wildman–Crippen MR) is 142 cm³/mol. The molecule has 9 heteroatoms. The van der Waals surface area contributed by atoms with Crippen molar-refractivity contribution in [2.24, 2.45) is 17.3 Å². The van der Waals surface area contributed by atoms with Gasteiger partial charge in [-0.05, 0) is 62.1 Å². The summed E-state index contributed by atoms with van der Waals surface area (Å²) < 4.78 is 24.0. The molecule has 1 aliphatic carbocycles. The Bertz CT molecular complexity index is 1240. The number of hydrogen-bond acceptors (Lipinski definition) is 7. The molecule has 1 saturated carbocycles. The van der Waals surface area contributed by atoms with E-state index in [0.29, 0.717) is 17.0 Å². The molecule has 194 valence electrons. The molecule has 2 aromatic rings. The van der Waals surface area contributed by atoms with Gasteiger partial charge in [-0.15, -0.1) is 11.3 Å². The van der Waals surface area contributed by atoms with Crippen LogP contribution in [0.2, 0.25) is 0 Å². The van der Waals surface area contributed by atoms with Crippen molar-refractivity contribution in [1.29, 1.82) is 5.26 Å². The molecule has 0 radical (unpaired) electrons. The smallest absolute Gasteiger partial charge is 0.230 e. The van der Waals surface area contributed by atoms with E-state index in [1.165, 1.54) is 4.88 Å². The lowest BCUT2D eigenvalue weighted by Gasteiger charge is -2.36. The molecule has 0 unspecified atom stereocenters. The van der Waals surface area contributed by atoms with Crippen LogP contribution < -0.4 is 5.32 Å². The highest BCUT2D eigenvalue weighted by molar-refractivity contribution is 7.91. The predicted octanol–water partition coefficient (Wildman–Crippen LogP) is 5.35. The van der Waals surface area contributed by atoms with Crippen LogP contribution in [0.3, 0.4) is 0 Å². The van der Waals surface area contributed by atoms with Gasteiger partial charge in [0, 0.05) is 18.0 Å². The normalized spacial score (nSPS) is 24.4. The number of amides is 1. The number of sulfone groups is 1. The second-order valence-electron chi connectivity index (χ2n) is 10.8. The van der Waals surface area contributed by atoms with Crippen molar-refractivity contribution in [3.8, 4) is 6.07 Å². The van der Waals surface area contributed by atoms with Gasteiger partial charge < -0.3 is 5.32 Å². The molecule has 1 amide bonds. The van der Waals surface area contributed by atoms with Crippen molar-refractivity contribution in [1.82, 2.24) is 9.88 Å². The van der Waals surface area contributed by atoms with E-state index in [9.17, 15) is 18.5 Å². The summed E-state index contributed by atoms with van der Waals surface area (Å²) in [7, 11) is -3.25. The minimum absolute atomic E-state index is 0.0532. The Morgan fingerprint density at radius 1 is 1.28 bits per heavy atom. The second-order valence-corrected chi connectivity index (χ2v) is 14.2. The van der Waals surface area contributed by atoms with E-state index in [2.05, 4.69) is 37.1 Å². The highest BCUT2D eigenvalue weighted by Gasteiger charge is 2.39.